The zero-order chi connectivity index (χ0) is 10.8. The van der Waals surface area contributed by atoms with Crippen LogP contribution in [-0.4, -0.2) is 40.4 Å². The van der Waals surface area contributed by atoms with Gasteiger partial charge < -0.3 is 10.2 Å². The fourth-order valence-corrected chi connectivity index (χ4v) is 2.54. The van der Waals surface area contributed by atoms with Gasteiger partial charge >= 0.3 is 0 Å². The van der Waals surface area contributed by atoms with E-state index in [1.54, 1.807) is 0 Å². The Kier molecular flexibility index (Phi) is 3.21. The molecule has 84 valence electrons. The van der Waals surface area contributed by atoms with Crippen molar-refractivity contribution in [3.05, 3.63) is 5.82 Å². The Balaban J connectivity index is 1.93. The first-order valence-corrected chi connectivity index (χ1v) is 6.21. The van der Waals surface area contributed by atoms with E-state index in [4.69, 9.17) is 0 Å². The topological polar surface area (TPSA) is 41.1 Å². The van der Waals surface area contributed by atoms with E-state index in [1.807, 2.05) is 0 Å². The van der Waals surface area contributed by atoms with Gasteiger partial charge in [0.25, 0.3) is 0 Å². The van der Waals surface area contributed by atoms with Gasteiger partial charge in [0, 0.05) is 30.0 Å². The minimum atomic E-state index is 0.419. The van der Waals surface area contributed by atoms with Crippen molar-refractivity contribution in [2.45, 2.75) is 32.2 Å². The van der Waals surface area contributed by atoms with Gasteiger partial charge in [-0.15, -0.1) is 0 Å². The molecular weight excluding hydrogens is 208 g/mol. The van der Waals surface area contributed by atoms with Gasteiger partial charge in [0.1, 0.15) is 5.82 Å². The summed E-state index contributed by atoms with van der Waals surface area (Å²) in [6, 6.07) is 0.544. The number of hydrogen-bond donors (Lipinski definition) is 1. The first kappa shape index (κ1) is 10.8. The minimum Gasteiger partial charge on any atom is -0.356 e. The minimum absolute atomic E-state index is 0.419. The van der Waals surface area contributed by atoms with E-state index < -0.39 is 0 Å². The molecule has 1 aliphatic heterocycles. The Morgan fingerprint density at radius 1 is 1.53 bits per heavy atom. The molecule has 1 aliphatic rings. The zero-order valence-corrected chi connectivity index (χ0v) is 10.3. The molecule has 1 unspecified atom stereocenters. The molecule has 0 radical (unpaired) electrons. The lowest BCUT2D eigenvalue weighted by Crippen LogP contribution is -2.23. The summed E-state index contributed by atoms with van der Waals surface area (Å²) in [5.41, 5.74) is 0. The number of nitrogens with zero attached hydrogens (tertiary/aromatic N) is 3. The van der Waals surface area contributed by atoms with Gasteiger partial charge in [-0.3, -0.25) is 0 Å². The molecule has 0 saturated carbocycles. The average molecular weight is 226 g/mol. The fourth-order valence-electron chi connectivity index (χ4n) is 1.76. The van der Waals surface area contributed by atoms with Gasteiger partial charge in [-0.1, -0.05) is 13.8 Å². The second-order valence-corrected chi connectivity index (χ2v) is 5.26. The van der Waals surface area contributed by atoms with Crippen LogP contribution in [0.2, 0.25) is 0 Å². The second-order valence-electron chi connectivity index (χ2n) is 4.50. The summed E-state index contributed by atoms with van der Waals surface area (Å²) in [6.45, 7) is 6.52. The lowest BCUT2D eigenvalue weighted by molar-refractivity contribution is 0.414. The molecule has 0 aliphatic carbocycles. The van der Waals surface area contributed by atoms with Crippen LogP contribution in [0.3, 0.4) is 0 Å². The molecule has 0 amide bonds. The zero-order valence-electron chi connectivity index (χ0n) is 9.53. The third-order valence-electron chi connectivity index (χ3n) is 2.68. The van der Waals surface area contributed by atoms with Crippen LogP contribution < -0.4 is 5.32 Å². The van der Waals surface area contributed by atoms with Gasteiger partial charge in [0.2, 0.25) is 5.13 Å². The average Bonchev–Trinajstić information content (AvgIpc) is 2.76. The second kappa shape index (κ2) is 4.45. The van der Waals surface area contributed by atoms with E-state index in [9.17, 15) is 0 Å². The molecule has 1 saturated heterocycles. The normalized spacial score (nSPS) is 22.5. The van der Waals surface area contributed by atoms with Crippen molar-refractivity contribution in [3.63, 3.8) is 0 Å². The van der Waals surface area contributed by atoms with Gasteiger partial charge in [0.05, 0.1) is 0 Å². The summed E-state index contributed by atoms with van der Waals surface area (Å²) in [6.07, 6.45) is 1.20. The Labute approximate surface area is 94.9 Å². The summed E-state index contributed by atoms with van der Waals surface area (Å²) < 4.78 is 4.33. The van der Waals surface area contributed by atoms with Crippen LogP contribution in [-0.2, 0) is 0 Å². The number of nitrogens with one attached hydrogen (secondary N) is 1. The van der Waals surface area contributed by atoms with Gasteiger partial charge in [-0.05, 0) is 20.0 Å². The molecular formula is C10H18N4S. The summed E-state index contributed by atoms with van der Waals surface area (Å²) in [4.78, 5) is 6.81. The number of likely N-dealkylation sites (N-methyl/N-ethyl adjacent to an activating group) is 1. The van der Waals surface area contributed by atoms with Crippen molar-refractivity contribution in [1.29, 1.82) is 0 Å². The summed E-state index contributed by atoms with van der Waals surface area (Å²) in [7, 11) is 2.15. The van der Waals surface area contributed by atoms with Crippen molar-refractivity contribution in [2.75, 3.05) is 25.5 Å². The highest BCUT2D eigenvalue weighted by Crippen LogP contribution is 2.20. The maximum absolute atomic E-state index is 4.48. The lowest BCUT2D eigenvalue weighted by Gasteiger charge is -2.10. The standard InChI is InChI=1S/C10H18N4S/c1-7(2)9-12-10(15-13-9)11-8-4-5-14(3)6-8/h7-8H,4-6H2,1-3H3,(H,11,12,13). The lowest BCUT2D eigenvalue weighted by atomic mass is 10.2. The molecule has 5 heteroatoms. The van der Waals surface area contributed by atoms with Crippen molar-refractivity contribution in [3.8, 4) is 0 Å². The van der Waals surface area contributed by atoms with Crippen LogP contribution in [0, 0.1) is 0 Å². The van der Waals surface area contributed by atoms with E-state index in [1.165, 1.54) is 24.5 Å². The SMILES string of the molecule is CC(C)c1nsc(NC2CCN(C)C2)n1. The van der Waals surface area contributed by atoms with E-state index in [0.29, 0.717) is 12.0 Å². The third kappa shape index (κ3) is 2.66. The summed E-state index contributed by atoms with van der Waals surface area (Å²) in [5.74, 6) is 1.37. The largest absolute Gasteiger partial charge is 0.356 e. The number of likely N-dealkylation sites (tertiary alicyclic amines) is 1. The highest BCUT2D eigenvalue weighted by molar-refractivity contribution is 7.09. The third-order valence-corrected chi connectivity index (χ3v) is 3.34. The first-order chi connectivity index (χ1) is 7.15. The Morgan fingerprint density at radius 2 is 2.33 bits per heavy atom. The number of anilines is 1. The number of hydrogen-bond acceptors (Lipinski definition) is 5. The molecule has 4 nitrogen and oxygen atoms in total. The van der Waals surface area contributed by atoms with Crippen LogP contribution in [0.1, 0.15) is 32.0 Å². The first-order valence-electron chi connectivity index (χ1n) is 5.44. The van der Waals surface area contributed by atoms with Crippen LogP contribution in [0.5, 0.6) is 0 Å². The fraction of sp³-hybridized carbons (Fsp3) is 0.800. The van der Waals surface area contributed by atoms with Crippen LogP contribution in [0.15, 0.2) is 0 Å². The van der Waals surface area contributed by atoms with Crippen LogP contribution in [0.4, 0.5) is 5.13 Å². The monoisotopic (exact) mass is 226 g/mol. The van der Waals surface area contributed by atoms with E-state index in [0.717, 1.165) is 17.5 Å². The molecule has 1 atom stereocenters. The predicted molar refractivity (Wildman–Crippen MR) is 63.5 cm³/mol. The van der Waals surface area contributed by atoms with E-state index >= 15 is 0 Å². The molecule has 0 spiro atoms. The molecule has 2 heterocycles. The highest BCUT2D eigenvalue weighted by Gasteiger charge is 2.20. The van der Waals surface area contributed by atoms with Gasteiger partial charge in [0.15, 0.2) is 0 Å². The molecule has 1 aromatic rings. The molecule has 0 bridgehead atoms. The van der Waals surface area contributed by atoms with Crippen molar-refractivity contribution in [1.82, 2.24) is 14.3 Å². The Hall–Kier alpha value is -0.680. The van der Waals surface area contributed by atoms with Crippen molar-refractivity contribution < 1.29 is 0 Å². The summed E-state index contributed by atoms with van der Waals surface area (Å²) >= 11 is 1.48. The number of aromatic nitrogens is 2. The highest BCUT2D eigenvalue weighted by atomic mass is 32.1. The van der Waals surface area contributed by atoms with Crippen LogP contribution >= 0.6 is 11.5 Å². The van der Waals surface area contributed by atoms with E-state index in [-0.39, 0.29) is 0 Å². The maximum atomic E-state index is 4.48. The van der Waals surface area contributed by atoms with E-state index in [2.05, 4.69) is 40.5 Å². The van der Waals surface area contributed by atoms with Gasteiger partial charge in [-0.2, -0.15) is 4.37 Å². The smallest absolute Gasteiger partial charge is 0.202 e. The molecule has 2 rings (SSSR count). The molecule has 0 aromatic carbocycles. The van der Waals surface area contributed by atoms with Crippen molar-refractivity contribution >= 4 is 16.7 Å². The molecule has 1 fully saturated rings. The molecule has 15 heavy (non-hydrogen) atoms. The van der Waals surface area contributed by atoms with Crippen molar-refractivity contribution in [2.24, 2.45) is 0 Å². The quantitative estimate of drug-likeness (QED) is 0.853. The molecule has 1 N–H and O–H groups in total. The van der Waals surface area contributed by atoms with Crippen LogP contribution in [0.25, 0.3) is 0 Å². The molecule has 1 aromatic heterocycles. The number of rotatable bonds is 3. The Bertz CT molecular complexity index is 323. The van der Waals surface area contributed by atoms with Gasteiger partial charge in [-0.25, -0.2) is 4.98 Å². The maximum Gasteiger partial charge on any atom is 0.202 e. The summed E-state index contributed by atoms with van der Waals surface area (Å²) in [5, 5.41) is 4.42. The Morgan fingerprint density at radius 3 is 2.87 bits per heavy atom. The predicted octanol–water partition coefficient (Wildman–Crippen LogP) is 1.78.